The summed E-state index contributed by atoms with van der Waals surface area (Å²) < 4.78 is 5.37. The van der Waals surface area contributed by atoms with Gasteiger partial charge in [0.25, 0.3) is 0 Å². The van der Waals surface area contributed by atoms with Gasteiger partial charge in [-0.2, -0.15) is 0 Å². The van der Waals surface area contributed by atoms with E-state index in [1.165, 1.54) is 24.0 Å². The van der Waals surface area contributed by atoms with Crippen LogP contribution in [0.5, 0.6) is 5.75 Å². The summed E-state index contributed by atoms with van der Waals surface area (Å²) >= 11 is 0. The Kier molecular flexibility index (Phi) is 4.36. The third kappa shape index (κ3) is 2.97. The van der Waals surface area contributed by atoms with Crippen LogP contribution < -0.4 is 4.74 Å². The number of fused-ring (bicyclic) bond motifs is 1. The molecule has 0 heterocycles. The minimum absolute atomic E-state index is 0.135. The molecule has 1 aromatic carbocycles. The van der Waals surface area contributed by atoms with Crippen LogP contribution in [-0.4, -0.2) is 31.5 Å². The highest BCUT2D eigenvalue weighted by Crippen LogP contribution is 2.41. The molecule has 1 aliphatic rings. The van der Waals surface area contributed by atoms with Crippen molar-refractivity contribution in [3.8, 4) is 5.75 Å². The Morgan fingerprint density at radius 3 is 2.85 bits per heavy atom. The molecule has 1 amide bonds. The van der Waals surface area contributed by atoms with Gasteiger partial charge in [0.1, 0.15) is 5.75 Å². The zero-order valence-corrected chi connectivity index (χ0v) is 13.0. The standard InChI is InChI=1S/C17H25NO2/c1-13(19)18(3)11-10-17(2)9-5-6-14-7-8-15(20-4)12-16(14)17/h7-8,12H,5-6,9-11H2,1-4H3/t17-/m1/s1. The first kappa shape index (κ1) is 14.9. The predicted octanol–water partition coefficient (Wildman–Crippen LogP) is 3.16. The first-order valence-electron chi connectivity index (χ1n) is 7.35. The number of hydrogen-bond donors (Lipinski definition) is 0. The Morgan fingerprint density at radius 2 is 2.20 bits per heavy atom. The Bertz CT molecular complexity index is 498. The molecule has 0 fully saturated rings. The van der Waals surface area contributed by atoms with Crippen LogP contribution in [0, 0.1) is 0 Å². The molecule has 0 saturated heterocycles. The molecule has 110 valence electrons. The number of methoxy groups -OCH3 is 1. The molecule has 20 heavy (non-hydrogen) atoms. The van der Waals surface area contributed by atoms with Gasteiger partial charge in [0.2, 0.25) is 5.91 Å². The summed E-state index contributed by atoms with van der Waals surface area (Å²) in [5.74, 6) is 1.06. The predicted molar refractivity (Wildman–Crippen MR) is 81.2 cm³/mol. The number of carbonyl (C=O) groups is 1. The van der Waals surface area contributed by atoms with Crippen molar-refractivity contribution >= 4 is 5.91 Å². The maximum absolute atomic E-state index is 11.4. The van der Waals surface area contributed by atoms with Crippen molar-refractivity contribution in [2.45, 2.75) is 44.9 Å². The summed E-state index contributed by atoms with van der Waals surface area (Å²) in [7, 11) is 3.59. The van der Waals surface area contributed by atoms with Crippen molar-refractivity contribution in [3.05, 3.63) is 29.3 Å². The Balaban J connectivity index is 2.22. The summed E-state index contributed by atoms with van der Waals surface area (Å²) in [6.45, 7) is 4.75. The van der Waals surface area contributed by atoms with E-state index in [4.69, 9.17) is 4.74 Å². The van der Waals surface area contributed by atoms with E-state index in [-0.39, 0.29) is 11.3 Å². The fourth-order valence-corrected chi connectivity index (χ4v) is 3.10. The lowest BCUT2D eigenvalue weighted by Crippen LogP contribution is -2.34. The molecular formula is C17H25NO2. The first-order chi connectivity index (χ1) is 9.46. The maximum Gasteiger partial charge on any atom is 0.219 e. The highest BCUT2D eigenvalue weighted by molar-refractivity contribution is 5.72. The van der Waals surface area contributed by atoms with Gasteiger partial charge in [0, 0.05) is 20.5 Å². The second-order valence-electron chi connectivity index (χ2n) is 6.13. The minimum atomic E-state index is 0.135. The molecule has 0 radical (unpaired) electrons. The quantitative estimate of drug-likeness (QED) is 0.844. The average Bonchev–Trinajstić information content (AvgIpc) is 2.45. The molecule has 3 nitrogen and oxygen atoms in total. The fraction of sp³-hybridized carbons (Fsp3) is 0.588. The minimum Gasteiger partial charge on any atom is -0.497 e. The normalized spacial score (nSPS) is 21.2. The van der Waals surface area contributed by atoms with Crippen LogP contribution in [0.4, 0.5) is 0 Å². The summed E-state index contributed by atoms with van der Waals surface area (Å²) in [5, 5.41) is 0. The highest BCUT2D eigenvalue weighted by Gasteiger charge is 2.32. The van der Waals surface area contributed by atoms with E-state index in [0.29, 0.717) is 0 Å². The lowest BCUT2D eigenvalue weighted by molar-refractivity contribution is -0.127. The van der Waals surface area contributed by atoms with Crippen molar-refractivity contribution in [2.75, 3.05) is 20.7 Å². The van der Waals surface area contributed by atoms with E-state index in [1.54, 1.807) is 18.9 Å². The van der Waals surface area contributed by atoms with Gasteiger partial charge < -0.3 is 9.64 Å². The number of amides is 1. The molecule has 1 aromatic rings. The molecule has 0 unspecified atom stereocenters. The lowest BCUT2D eigenvalue weighted by atomic mass is 9.69. The van der Waals surface area contributed by atoms with Crippen molar-refractivity contribution < 1.29 is 9.53 Å². The SMILES string of the molecule is COc1ccc2c(c1)[C@@](C)(CCN(C)C(C)=O)CCC2. The third-order valence-electron chi connectivity index (χ3n) is 4.68. The fourth-order valence-electron chi connectivity index (χ4n) is 3.10. The van der Waals surface area contributed by atoms with E-state index >= 15 is 0 Å². The molecule has 0 N–H and O–H groups in total. The van der Waals surface area contributed by atoms with Gasteiger partial charge in [-0.05, 0) is 54.4 Å². The second kappa shape index (κ2) is 5.86. The van der Waals surface area contributed by atoms with E-state index < -0.39 is 0 Å². The number of hydrogen-bond acceptors (Lipinski definition) is 2. The zero-order valence-electron chi connectivity index (χ0n) is 13.0. The highest BCUT2D eigenvalue weighted by atomic mass is 16.5. The van der Waals surface area contributed by atoms with Crippen molar-refractivity contribution in [1.29, 1.82) is 0 Å². The Labute approximate surface area is 121 Å². The van der Waals surface area contributed by atoms with E-state index in [0.717, 1.165) is 25.1 Å². The molecule has 2 rings (SSSR count). The molecule has 0 spiro atoms. The first-order valence-corrected chi connectivity index (χ1v) is 7.35. The number of rotatable bonds is 4. The molecule has 0 aliphatic heterocycles. The van der Waals surface area contributed by atoms with Gasteiger partial charge in [0.15, 0.2) is 0 Å². The third-order valence-corrected chi connectivity index (χ3v) is 4.68. The summed E-state index contributed by atoms with van der Waals surface area (Å²) in [4.78, 5) is 13.2. The second-order valence-corrected chi connectivity index (χ2v) is 6.13. The zero-order chi connectivity index (χ0) is 14.8. The molecule has 1 aliphatic carbocycles. The molecule has 0 saturated carbocycles. The van der Waals surface area contributed by atoms with E-state index in [2.05, 4.69) is 19.1 Å². The van der Waals surface area contributed by atoms with Crippen molar-refractivity contribution in [2.24, 2.45) is 0 Å². The van der Waals surface area contributed by atoms with E-state index in [1.807, 2.05) is 13.1 Å². The topological polar surface area (TPSA) is 29.5 Å². The molecular weight excluding hydrogens is 250 g/mol. The monoisotopic (exact) mass is 275 g/mol. The number of aryl methyl sites for hydroxylation is 1. The van der Waals surface area contributed by atoms with Crippen molar-refractivity contribution in [1.82, 2.24) is 4.90 Å². The van der Waals surface area contributed by atoms with E-state index in [9.17, 15) is 4.79 Å². The van der Waals surface area contributed by atoms with Crippen LogP contribution in [0.1, 0.15) is 44.2 Å². The maximum atomic E-state index is 11.4. The number of ether oxygens (including phenoxy) is 1. The molecule has 0 bridgehead atoms. The Morgan fingerprint density at radius 1 is 1.45 bits per heavy atom. The van der Waals surface area contributed by atoms with Crippen LogP contribution >= 0.6 is 0 Å². The summed E-state index contributed by atoms with van der Waals surface area (Å²) in [6, 6.07) is 6.43. The van der Waals surface area contributed by atoms with Gasteiger partial charge in [0.05, 0.1) is 7.11 Å². The Hall–Kier alpha value is -1.51. The lowest BCUT2D eigenvalue weighted by Gasteiger charge is -2.37. The summed E-state index contributed by atoms with van der Waals surface area (Å²) in [6.07, 6.45) is 4.55. The van der Waals surface area contributed by atoms with Crippen LogP contribution in [0.3, 0.4) is 0 Å². The average molecular weight is 275 g/mol. The molecule has 3 heteroatoms. The van der Waals surface area contributed by atoms with Gasteiger partial charge in [-0.15, -0.1) is 0 Å². The number of carbonyl (C=O) groups excluding carboxylic acids is 1. The molecule has 0 aromatic heterocycles. The molecule has 1 atom stereocenters. The van der Waals surface area contributed by atoms with Crippen LogP contribution in [0.15, 0.2) is 18.2 Å². The number of benzene rings is 1. The number of nitrogens with zero attached hydrogens (tertiary/aromatic N) is 1. The van der Waals surface area contributed by atoms with Crippen molar-refractivity contribution in [3.63, 3.8) is 0 Å². The van der Waals surface area contributed by atoms with Crippen LogP contribution in [0.2, 0.25) is 0 Å². The smallest absolute Gasteiger partial charge is 0.219 e. The van der Waals surface area contributed by atoms with Crippen LogP contribution in [-0.2, 0) is 16.6 Å². The summed E-state index contributed by atoms with van der Waals surface area (Å²) in [5.41, 5.74) is 2.98. The largest absolute Gasteiger partial charge is 0.497 e. The van der Waals surface area contributed by atoms with Gasteiger partial charge in [-0.1, -0.05) is 13.0 Å². The van der Waals surface area contributed by atoms with Gasteiger partial charge in [-0.3, -0.25) is 4.79 Å². The van der Waals surface area contributed by atoms with Gasteiger partial charge >= 0.3 is 0 Å². The van der Waals surface area contributed by atoms with Gasteiger partial charge in [-0.25, -0.2) is 0 Å². The van der Waals surface area contributed by atoms with Crippen LogP contribution in [0.25, 0.3) is 0 Å².